The summed E-state index contributed by atoms with van der Waals surface area (Å²) in [5.41, 5.74) is 3.89. The molecule has 0 atom stereocenters. The van der Waals surface area contributed by atoms with Crippen LogP contribution in [0.4, 0.5) is 5.13 Å². The van der Waals surface area contributed by atoms with E-state index in [0.29, 0.717) is 22.0 Å². The average Bonchev–Trinajstić information content (AvgIpc) is 2.95. The first-order valence-electron chi connectivity index (χ1n) is 7.17. The fourth-order valence-corrected chi connectivity index (χ4v) is 3.18. The number of hydrogen-bond acceptors (Lipinski definition) is 4. The summed E-state index contributed by atoms with van der Waals surface area (Å²) in [5.74, 6) is 0.00471. The zero-order chi connectivity index (χ0) is 16.4. The largest absolute Gasteiger partial charge is 0.507 e. The monoisotopic (exact) mass is 324 g/mol. The van der Waals surface area contributed by atoms with Crippen LogP contribution >= 0.6 is 11.3 Å². The molecular formula is C18H16N2O2S. The van der Waals surface area contributed by atoms with E-state index in [2.05, 4.69) is 10.3 Å². The molecule has 0 fully saturated rings. The maximum absolute atomic E-state index is 12.1. The average molecular weight is 324 g/mol. The molecule has 5 heteroatoms. The number of aromatic nitrogens is 1. The second-order valence-corrected chi connectivity index (χ2v) is 6.19. The number of aryl methyl sites for hydroxylation is 2. The van der Waals surface area contributed by atoms with Crippen LogP contribution in [0.5, 0.6) is 5.75 Å². The first kappa shape index (κ1) is 15.2. The third-order valence-electron chi connectivity index (χ3n) is 3.48. The van der Waals surface area contributed by atoms with E-state index < -0.39 is 0 Å². The van der Waals surface area contributed by atoms with Gasteiger partial charge in [0.05, 0.1) is 5.69 Å². The summed E-state index contributed by atoms with van der Waals surface area (Å²) < 4.78 is 0. The van der Waals surface area contributed by atoms with Crippen molar-refractivity contribution >= 4 is 22.4 Å². The number of amides is 1. The molecule has 3 rings (SSSR count). The van der Waals surface area contributed by atoms with Crippen LogP contribution in [0.25, 0.3) is 11.3 Å². The van der Waals surface area contributed by atoms with Gasteiger partial charge in [-0.25, -0.2) is 4.98 Å². The summed E-state index contributed by atoms with van der Waals surface area (Å²) in [5, 5.41) is 15.3. The van der Waals surface area contributed by atoms with Crippen molar-refractivity contribution in [3.05, 3.63) is 64.5 Å². The lowest BCUT2D eigenvalue weighted by atomic mass is 10.0. The number of carbonyl (C=O) groups excluding carboxylic acids is 1. The molecule has 2 aromatic carbocycles. The molecule has 0 unspecified atom stereocenters. The number of rotatable bonds is 3. The zero-order valence-electron chi connectivity index (χ0n) is 12.8. The van der Waals surface area contributed by atoms with Crippen molar-refractivity contribution in [3.63, 3.8) is 0 Å². The quantitative estimate of drug-likeness (QED) is 0.751. The Labute approximate surface area is 138 Å². The summed E-state index contributed by atoms with van der Waals surface area (Å²) in [6.45, 7) is 3.87. The van der Waals surface area contributed by atoms with Crippen molar-refractivity contribution in [1.82, 2.24) is 4.98 Å². The van der Waals surface area contributed by atoms with Crippen molar-refractivity contribution in [2.24, 2.45) is 0 Å². The first-order chi connectivity index (χ1) is 11.0. The highest BCUT2D eigenvalue weighted by molar-refractivity contribution is 7.14. The van der Waals surface area contributed by atoms with Gasteiger partial charge in [-0.05, 0) is 43.2 Å². The maximum Gasteiger partial charge on any atom is 0.257 e. The van der Waals surface area contributed by atoms with E-state index in [4.69, 9.17) is 0 Å². The number of phenols is 1. The summed E-state index contributed by atoms with van der Waals surface area (Å²) in [4.78, 5) is 16.6. The normalized spacial score (nSPS) is 10.5. The van der Waals surface area contributed by atoms with Gasteiger partial charge in [-0.3, -0.25) is 10.1 Å². The summed E-state index contributed by atoms with van der Waals surface area (Å²) in [6.07, 6.45) is 0. The van der Waals surface area contributed by atoms with Crippen LogP contribution in [0.3, 0.4) is 0 Å². The molecule has 0 saturated carbocycles. The molecule has 4 nitrogen and oxygen atoms in total. The minimum Gasteiger partial charge on any atom is -0.507 e. The van der Waals surface area contributed by atoms with E-state index in [1.54, 1.807) is 18.2 Å². The molecule has 1 amide bonds. The van der Waals surface area contributed by atoms with E-state index in [9.17, 15) is 9.90 Å². The van der Waals surface area contributed by atoms with Crippen LogP contribution in [0.15, 0.2) is 47.8 Å². The Morgan fingerprint density at radius 1 is 1.17 bits per heavy atom. The van der Waals surface area contributed by atoms with E-state index in [-0.39, 0.29) is 11.7 Å². The van der Waals surface area contributed by atoms with Crippen LogP contribution in [-0.4, -0.2) is 16.0 Å². The second-order valence-electron chi connectivity index (χ2n) is 5.33. The van der Waals surface area contributed by atoms with Gasteiger partial charge >= 0.3 is 0 Å². The lowest BCUT2D eigenvalue weighted by Gasteiger charge is -2.07. The number of hydrogen-bond donors (Lipinski definition) is 2. The van der Waals surface area contributed by atoms with Gasteiger partial charge in [-0.15, -0.1) is 11.3 Å². The fraction of sp³-hybridized carbons (Fsp3) is 0.111. The number of nitrogens with zero attached hydrogens (tertiary/aromatic N) is 1. The van der Waals surface area contributed by atoms with Gasteiger partial charge in [0.1, 0.15) is 5.75 Å². The highest BCUT2D eigenvalue weighted by Crippen LogP contribution is 2.35. The molecule has 23 heavy (non-hydrogen) atoms. The van der Waals surface area contributed by atoms with E-state index in [1.165, 1.54) is 11.3 Å². The standard InChI is InChI=1S/C18H16N2O2S/c1-11-8-12(2)16(15(21)9-11)14-10-23-18(19-14)20-17(22)13-6-4-3-5-7-13/h3-10,21H,1-2H3,(H,19,20,22). The zero-order valence-corrected chi connectivity index (χ0v) is 13.6. The highest BCUT2D eigenvalue weighted by Gasteiger charge is 2.14. The van der Waals surface area contributed by atoms with E-state index >= 15 is 0 Å². The van der Waals surface area contributed by atoms with Crippen molar-refractivity contribution < 1.29 is 9.90 Å². The van der Waals surface area contributed by atoms with Gasteiger partial charge in [-0.2, -0.15) is 0 Å². The Kier molecular flexibility index (Phi) is 4.12. The van der Waals surface area contributed by atoms with Gasteiger partial charge in [-0.1, -0.05) is 24.3 Å². The second kappa shape index (κ2) is 6.22. The molecule has 116 valence electrons. The fourth-order valence-electron chi connectivity index (χ4n) is 2.48. The van der Waals surface area contributed by atoms with Gasteiger partial charge < -0.3 is 5.11 Å². The summed E-state index contributed by atoms with van der Waals surface area (Å²) >= 11 is 1.33. The molecule has 1 aromatic heterocycles. The van der Waals surface area contributed by atoms with E-state index in [1.807, 2.05) is 43.5 Å². The summed E-state index contributed by atoms with van der Waals surface area (Å²) in [6, 6.07) is 12.7. The molecule has 0 bridgehead atoms. The lowest BCUT2D eigenvalue weighted by Crippen LogP contribution is -2.11. The van der Waals surface area contributed by atoms with Crippen LogP contribution in [0, 0.1) is 13.8 Å². The minimum absolute atomic E-state index is 0.198. The van der Waals surface area contributed by atoms with Crippen LogP contribution in [-0.2, 0) is 0 Å². The predicted octanol–water partition coefficient (Wildman–Crippen LogP) is 4.38. The number of thiazole rings is 1. The Bertz CT molecular complexity index is 833. The number of benzene rings is 2. The molecule has 0 aliphatic rings. The Balaban J connectivity index is 1.86. The molecular weight excluding hydrogens is 308 g/mol. The molecule has 0 spiro atoms. The third kappa shape index (κ3) is 3.24. The number of anilines is 1. The van der Waals surface area contributed by atoms with E-state index in [0.717, 1.165) is 11.1 Å². The number of phenolic OH excluding ortho intramolecular Hbond substituents is 1. The number of nitrogens with one attached hydrogen (secondary N) is 1. The number of aromatic hydroxyl groups is 1. The molecule has 1 heterocycles. The molecule has 0 radical (unpaired) electrons. The van der Waals surface area contributed by atoms with Crippen LogP contribution < -0.4 is 5.32 Å². The van der Waals surface area contributed by atoms with Gasteiger partial charge in [0, 0.05) is 16.5 Å². The van der Waals surface area contributed by atoms with Crippen molar-refractivity contribution in [2.45, 2.75) is 13.8 Å². The van der Waals surface area contributed by atoms with Crippen LogP contribution in [0.1, 0.15) is 21.5 Å². The SMILES string of the molecule is Cc1cc(C)c(-c2csc(NC(=O)c3ccccc3)n2)c(O)c1. The topological polar surface area (TPSA) is 62.2 Å². The predicted molar refractivity (Wildman–Crippen MR) is 93.1 cm³/mol. The smallest absolute Gasteiger partial charge is 0.257 e. The Hall–Kier alpha value is -2.66. The van der Waals surface area contributed by atoms with Crippen LogP contribution in [0.2, 0.25) is 0 Å². The molecule has 0 aliphatic carbocycles. The van der Waals surface area contributed by atoms with Crippen molar-refractivity contribution in [1.29, 1.82) is 0 Å². The van der Waals surface area contributed by atoms with Gasteiger partial charge in [0.15, 0.2) is 5.13 Å². The van der Waals surface area contributed by atoms with Gasteiger partial charge in [0.25, 0.3) is 5.91 Å². The molecule has 0 saturated heterocycles. The number of carbonyl (C=O) groups is 1. The highest BCUT2D eigenvalue weighted by atomic mass is 32.1. The Morgan fingerprint density at radius 2 is 1.91 bits per heavy atom. The van der Waals surface area contributed by atoms with Gasteiger partial charge in [0.2, 0.25) is 0 Å². The molecule has 2 N–H and O–H groups in total. The van der Waals surface area contributed by atoms with Crippen molar-refractivity contribution in [3.8, 4) is 17.0 Å². The molecule has 3 aromatic rings. The third-order valence-corrected chi connectivity index (χ3v) is 4.23. The maximum atomic E-state index is 12.1. The summed E-state index contributed by atoms with van der Waals surface area (Å²) in [7, 11) is 0. The minimum atomic E-state index is -0.198. The molecule has 0 aliphatic heterocycles. The first-order valence-corrected chi connectivity index (χ1v) is 8.05. The Morgan fingerprint density at radius 3 is 2.61 bits per heavy atom. The lowest BCUT2D eigenvalue weighted by molar-refractivity contribution is 0.102. The van der Waals surface area contributed by atoms with Crippen molar-refractivity contribution in [2.75, 3.05) is 5.32 Å².